The second-order valence-electron chi connectivity index (χ2n) is 4.09. The summed E-state index contributed by atoms with van der Waals surface area (Å²) < 4.78 is 76.1. The van der Waals surface area contributed by atoms with Gasteiger partial charge >= 0.3 is 12.4 Å². The second-order valence-corrected chi connectivity index (χ2v) is 4.09. The molecule has 1 aromatic carbocycles. The number of hydrogen-bond donors (Lipinski definition) is 2. The molecule has 0 spiro atoms. The Morgan fingerprint density at radius 2 is 1.48 bits per heavy atom. The minimum Gasteiger partial charge on any atom is -0.318 e. The van der Waals surface area contributed by atoms with Crippen LogP contribution in [0.1, 0.15) is 28.6 Å². The number of nitrogens with one attached hydrogen (secondary N) is 1. The highest BCUT2D eigenvalue weighted by atomic mass is 19.4. The topological polar surface area (TPSA) is 80.5 Å². The zero-order valence-electron chi connectivity index (χ0n) is 10.00. The van der Waals surface area contributed by atoms with Crippen molar-refractivity contribution in [1.82, 2.24) is 20.6 Å². The van der Waals surface area contributed by atoms with Gasteiger partial charge in [-0.05, 0) is 23.8 Å². The summed E-state index contributed by atoms with van der Waals surface area (Å²) in [5.41, 5.74) is 2.24. The average molecular weight is 311 g/mol. The van der Waals surface area contributed by atoms with Crippen LogP contribution < -0.4 is 5.73 Å². The maximum absolute atomic E-state index is 12.7. The van der Waals surface area contributed by atoms with Gasteiger partial charge in [-0.15, -0.1) is 10.2 Å². The zero-order chi connectivity index (χ0) is 15.8. The molecule has 1 unspecified atom stereocenters. The van der Waals surface area contributed by atoms with E-state index in [-0.39, 0.29) is 11.9 Å². The SMILES string of the molecule is NC(c1cc(C(F)(F)F)cc(C(F)(F)F)c1)c1nn[nH]n1. The van der Waals surface area contributed by atoms with E-state index in [4.69, 9.17) is 5.73 Å². The van der Waals surface area contributed by atoms with E-state index in [1.54, 1.807) is 0 Å². The van der Waals surface area contributed by atoms with E-state index in [0.717, 1.165) is 0 Å². The number of nitrogens with zero attached hydrogens (tertiary/aromatic N) is 3. The Kier molecular flexibility index (Phi) is 3.61. The summed E-state index contributed by atoms with van der Waals surface area (Å²) in [7, 11) is 0. The number of tetrazole rings is 1. The molecular formula is C10H7F6N5. The van der Waals surface area contributed by atoms with E-state index in [1.165, 1.54) is 0 Å². The molecule has 1 heterocycles. The molecule has 5 nitrogen and oxygen atoms in total. The van der Waals surface area contributed by atoms with Crippen LogP contribution in [0.2, 0.25) is 0 Å². The van der Waals surface area contributed by atoms with Crippen molar-refractivity contribution >= 4 is 0 Å². The third-order valence-electron chi connectivity index (χ3n) is 2.61. The number of hydrogen-bond acceptors (Lipinski definition) is 4. The Morgan fingerprint density at radius 3 is 1.86 bits per heavy atom. The zero-order valence-corrected chi connectivity index (χ0v) is 10.00. The van der Waals surface area contributed by atoms with Crippen molar-refractivity contribution < 1.29 is 26.3 Å². The minimum absolute atomic E-state index is 0.0203. The molecule has 0 fully saturated rings. The fraction of sp³-hybridized carbons (Fsp3) is 0.300. The number of aromatic nitrogens is 4. The molecule has 1 atom stereocenters. The third kappa shape index (κ3) is 3.29. The highest BCUT2D eigenvalue weighted by Gasteiger charge is 2.37. The Bertz CT molecular complexity index is 586. The summed E-state index contributed by atoms with van der Waals surface area (Å²) in [6.45, 7) is 0. The molecule has 1 aromatic heterocycles. The first-order valence-corrected chi connectivity index (χ1v) is 5.37. The molecule has 0 amide bonds. The summed E-state index contributed by atoms with van der Waals surface area (Å²) in [6.07, 6.45) is -9.88. The van der Waals surface area contributed by atoms with Crippen LogP contribution in [0.25, 0.3) is 0 Å². The number of halogens is 6. The van der Waals surface area contributed by atoms with E-state index in [0.29, 0.717) is 12.1 Å². The molecule has 21 heavy (non-hydrogen) atoms. The lowest BCUT2D eigenvalue weighted by molar-refractivity contribution is -0.143. The van der Waals surface area contributed by atoms with Crippen molar-refractivity contribution in [2.45, 2.75) is 18.4 Å². The first-order chi connectivity index (χ1) is 9.59. The fourth-order valence-electron chi connectivity index (χ4n) is 1.61. The molecule has 2 rings (SSSR count). The summed E-state index contributed by atoms with van der Waals surface area (Å²) in [5, 5.41) is 12.0. The number of nitrogens with two attached hydrogens (primary N) is 1. The number of benzene rings is 1. The highest BCUT2D eigenvalue weighted by Crippen LogP contribution is 2.37. The first kappa shape index (κ1) is 15.2. The Labute approximate surface area is 113 Å². The van der Waals surface area contributed by atoms with Crippen LogP contribution in [0.15, 0.2) is 18.2 Å². The van der Waals surface area contributed by atoms with Gasteiger partial charge in [-0.2, -0.15) is 31.6 Å². The number of H-pyrrole nitrogens is 1. The Hall–Kier alpha value is -2.17. The molecule has 11 heteroatoms. The lowest BCUT2D eigenvalue weighted by Crippen LogP contribution is -2.18. The van der Waals surface area contributed by atoms with Gasteiger partial charge in [0.1, 0.15) is 0 Å². The van der Waals surface area contributed by atoms with Gasteiger partial charge in [0.25, 0.3) is 0 Å². The number of alkyl halides is 6. The lowest BCUT2D eigenvalue weighted by atomic mass is 9.99. The summed E-state index contributed by atoms with van der Waals surface area (Å²) in [4.78, 5) is 0. The molecule has 0 aliphatic heterocycles. The quantitative estimate of drug-likeness (QED) is 0.834. The molecule has 3 N–H and O–H groups in total. The van der Waals surface area contributed by atoms with Gasteiger partial charge in [0, 0.05) is 0 Å². The molecule has 0 aliphatic carbocycles. The van der Waals surface area contributed by atoms with E-state index < -0.39 is 35.1 Å². The van der Waals surface area contributed by atoms with Gasteiger partial charge in [-0.25, -0.2) is 0 Å². The Balaban J connectivity index is 2.55. The van der Waals surface area contributed by atoms with Gasteiger partial charge in [0.05, 0.1) is 17.2 Å². The predicted octanol–water partition coefficient (Wildman–Crippen LogP) is 2.29. The van der Waals surface area contributed by atoms with Crippen LogP contribution >= 0.6 is 0 Å². The molecule has 114 valence electrons. The van der Waals surface area contributed by atoms with Crippen molar-refractivity contribution in [1.29, 1.82) is 0 Å². The van der Waals surface area contributed by atoms with Gasteiger partial charge in [0.15, 0.2) is 5.82 Å². The summed E-state index contributed by atoms with van der Waals surface area (Å²) >= 11 is 0. The molecule has 0 saturated heterocycles. The highest BCUT2D eigenvalue weighted by molar-refractivity contribution is 5.36. The second kappa shape index (κ2) is 4.98. The largest absolute Gasteiger partial charge is 0.416 e. The molecule has 0 radical (unpaired) electrons. The third-order valence-corrected chi connectivity index (χ3v) is 2.61. The van der Waals surface area contributed by atoms with Crippen LogP contribution in [-0.4, -0.2) is 20.6 Å². The maximum atomic E-state index is 12.7. The molecular weight excluding hydrogens is 304 g/mol. The predicted molar refractivity (Wildman–Crippen MR) is 56.7 cm³/mol. The van der Waals surface area contributed by atoms with Crippen LogP contribution in [-0.2, 0) is 12.4 Å². The van der Waals surface area contributed by atoms with Crippen molar-refractivity contribution in [2.24, 2.45) is 5.73 Å². The van der Waals surface area contributed by atoms with Crippen LogP contribution in [0.3, 0.4) is 0 Å². The van der Waals surface area contributed by atoms with Gasteiger partial charge in [0.2, 0.25) is 0 Å². The van der Waals surface area contributed by atoms with E-state index in [1.807, 2.05) is 5.21 Å². The first-order valence-electron chi connectivity index (χ1n) is 5.37. The van der Waals surface area contributed by atoms with Gasteiger partial charge in [-0.1, -0.05) is 5.21 Å². The van der Waals surface area contributed by atoms with E-state index in [9.17, 15) is 26.3 Å². The average Bonchev–Trinajstić information content (AvgIpc) is 2.89. The summed E-state index contributed by atoms with van der Waals surface area (Å²) in [5.74, 6) is -0.220. The molecule has 0 saturated carbocycles. The Morgan fingerprint density at radius 1 is 0.952 bits per heavy atom. The van der Waals surface area contributed by atoms with Crippen molar-refractivity contribution in [3.63, 3.8) is 0 Å². The monoisotopic (exact) mass is 311 g/mol. The lowest BCUT2D eigenvalue weighted by Gasteiger charge is -2.16. The van der Waals surface area contributed by atoms with Crippen molar-refractivity contribution in [3.05, 3.63) is 40.7 Å². The van der Waals surface area contributed by atoms with Crippen LogP contribution in [0.5, 0.6) is 0 Å². The molecule has 0 aliphatic rings. The minimum atomic E-state index is -4.94. The van der Waals surface area contributed by atoms with Gasteiger partial charge < -0.3 is 5.73 Å². The van der Waals surface area contributed by atoms with E-state index >= 15 is 0 Å². The number of aromatic amines is 1. The van der Waals surface area contributed by atoms with Gasteiger partial charge in [-0.3, -0.25) is 0 Å². The number of rotatable bonds is 2. The van der Waals surface area contributed by atoms with E-state index in [2.05, 4.69) is 15.4 Å². The molecule has 0 bridgehead atoms. The van der Waals surface area contributed by atoms with Crippen LogP contribution in [0, 0.1) is 0 Å². The standard InChI is InChI=1S/C10H7F6N5/c11-9(12,13)5-1-4(2-6(3-5)10(14,15)16)7(17)8-18-20-21-19-8/h1-3,7H,17H2,(H,18,19,20,21). The van der Waals surface area contributed by atoms with Crippen LogP contribution in [0.4, 0.5) is 26.3 Å². The van der Waals surface area contributed by atoms with Crippen molar-refractivity contribution in [3.8, 4) is 0 Å². The molecule has 2 aromatic rings. The fourth-order valence-corrected chi connectivity index (χ4v) is 1.61. The smallest absolute Gasteiger partial charge is 0.318 e. The normalized spacial score (nSPS) is 14.2. The maximum Gasteiger partial charge on any atom is 0.416 e. The summed E-state index contributed by atoms with van der Waals surface area (Å²) in [6, 6.07) is -0.300. The van der Waals surface area contributed by atoms with Crippen molar-refractivity contribution in [2.75, 3.05) is 0 Å².